The van der Waals surface area contributed by atoms with Gasteiger partial charge in [0.05, 0.1) is 18.1 Å². The Bertz CT molecular complexity index is 604. The molecule has 3 nitrogen and oxygen atoms in total. The molecule has 2 fully saturated rings. The lowest BCUT2D eigenvalue weighted by Gasteiger charge is -2.33. The Hall–Kier alpha value is -0.770. The Morgan fingerprint density at radius 2 is 2.14 bits per heavy atom. The molecule has 0 radical (unpaired) electrons. The number of nitrogens with zero attached hydrogens (tertiary/aromatic N) is 1. The zero-order valence-corrected chi connectivity index (χ0v) is 13.2. The van der Waals surface area contributed by atoms with Gasteiger partial charge in [0, 0.05) is 23.1 Å². The van der Waals surface area contributed by atoms with Crippen LogP contribution >= 0.6 is 23.2 Å². The number of hydrogen-bond donors (Lipinski definition) is 0. The summed E-state index contributed by atoms with van der Waals surface area (Å²) in [5.41, 5.74) is 2.21. The van der Waals surface area contributed by atoms with Crippen molar-refractivity contribution in [2.24, 2.45) is 5.92 Å². The van der Waals surface area contributed by atoms with Crippen molar-refractivity contribution < 1.29 is 9.53 Å². The highest BCUT2D eigenvalue weighted by molar-refractivity contribution is 6.35. The molecule has 2 saturated heterocycles. The number of ether oxygens (including phenoxy) is 1. The van der Waals surface area contributed by atoms with Gasteiger partial charge in [-0.25, -0.2) is 0 Å². The number of rotatable bonds is 1. The largest absolute Gasteiger partial charge is 0.374 e. The Labute approximate surface area is 134 Å². The van der Waals surface area contributed by atoms with Crippen LogP contribution in [0.15, 0.2) is 12.1 Å². The molecular formula is C16H17Cl2NO2. The molecule has 2 bridgehead atoms. The molecule has 5 heteroatoms. The number of benzene rings is 1. The molecule has 3 atom stereocenters. The van der Waals surface area contributed by atoms with Crippen molar-refractivity contribution in [2.45, 2.75) is 44.4 Å². The number of fused-ring (bicyclic) bond motifs is 3. The highest BCUT2D eigenvalue weighted by Crippen LogP contribution is 2.40. The predicted molar refractivity (Wildman–Crippen MR) is 81.6 cm³/mol. The Kier molecular flexibility index (Phi) is 3.40. The number of hydrogen-bond acceptors (Lipinski definition) is 2. The van der Waals surface area contributed by atoms with Crippen LogP contribution in [0.4, 0.5) is 0 Å². The topological polar surface area (TPSA) is 29.5 Å². The van der Waals surface area contributed by atoms with Crippen molar-refractivity contribution in [3.05, 3.63) is 33.3 Å². The van der Waals surface area contributed by atoms with Crippen molar-refractivity contribution >= 4 is 29.1 Å². The van der Waals surface area contributed by atoms with Crippen LogP contribution in [0, 0.1) is 5.92 Å². The van der Waals surface area contributed by atoms with Gasteiger partial charge in [-0.05, 0) is 48.9 Å². The molecule has 4 rings (SSSR count). The van der Waals surface area contributed by atoms with E-state index in [1.807, 2.05) is 11.0 Å². The van der Waals surface area contributed by atoms with Gasteiger partial charge in [-0.3, -0.25) is 4.79 Å². The van der Waals surface area contributed by atoms with E-state index in [4.69, 9.17) is 27.9 Å². The Morgan fingerprint density at radius 3 is 2.86 bits per heavy atom. The third-order valence-electron chi connectivity index (χ3n) is 4.98. The van der Waals surface area contributed by atoms with Crippen LogP contribution < -0.4 is 0 Å². The summed E-state index contributed by atoms with van der Waals surface area (Å²) in [7, 11) is 0. The first-order valence-electron chi connectivity index (χ1n) is 7.53. The van der Waals surface area contributed by atoms with Gasteiger partial charge >= 0.3 is 0 Å². The molecule has 0 aromatic heterocycles. The zero-order chi connectivity index (χ0) is 14.6. The van der Waals surface area contributed by atoms with E-state index in [0.29, 0.717) is 22.7 Å². The summed E-state index contributed by atoms with van der Waals surface area (Å²) < 4.78 is 5.81. The maximum absolute atomic E-state index is 12.7. The molecule has 0 N–H and O–H groups in total. The van der Waals surface area contributed by atoms with E-state index >= 15 is 0 Å². The van der Waals surface area contributed by atoms with Gasteiger partial charge < -0.3 is 9.64 Å². The van der Waals surface area contributed by atoms with Crippen LogP contribution in [0.5, 0.6) is 0 Å². The first-order chi connectivity index (χ1) is 10.1. The van der Waals surface area contributed by atoms with Crippen molar-refractivity contribution in [1.82, 2.24) is 4.90 Å². The summed E-state index contributed by atoms with van der Waals surface area (Å²) in [5, 5.41) is 1.35. The van der Waals surface area contributed by atoms with Gasteiger partial charge in [-0.15, -0.1) is 0 Å². The first kappa shape index (κ1) is 13.9. The van der Waals surface area contributed by atoms with Crippen molar-refractivity contribution in [3.8, 4) is 0 Å². The summed E-state index contributed by atoms with van der Waals surface area (Å²) in [5.74, 6) is 0.295. The lowest BCUT2D eigenvalue weighted by molar-refractivity contribution is -0.138. The van der Waals surface area contributed by atoms with Crippen LogP contribution in [0.3, 0.4) is 0 Å². The molecule has 1 aromatic carbocycles. The van der Waals surface area contributed by atoms with Crippen molar-refractivity contribution in [1.29, 1.82) is 0 Å². The molecule has 21 heavy (non-hydrogen) atoms. The van der Waals surface area contributed by atoms with E-state index in [1.54, 1.807) is 6.07 Å². The predicted octanol–water partition coefficient (Wildman–Crippen LogP) is 3.45. The van der Waals surface area contributed by atoms with E-state index in [2.05, 4.69) is 0 Å². The number of carbonyl (C=O) groups is 1. The number of halogens is 2. The monoisotopic (exact) mass is 325 g/mol. The van der Waals surface area contributed by atoms with E-state index in [1.165, 1.54) is 0 Å². The van der Waals surface area contributed by atoms with Gasteiger partial charge in [0.2, 0.25) is 5.91 Å². The number of amides is 1. The highest BCUT2D eigenvalue weighted by atomic mass is 35.5. The van der Waals surface area contributed by atoms with Crippen LogP contribution in [-0.4, -0.2) is 29.6 Å². The van der Waals surface area contributed by atoms with Crippen molar-refractivity contribution in [2.75, 3.05) is 6.54 Å². The third-order valence-corrected chi connectivity index (χ3v) is 5.54. The fourth-order valence-electron chi connectivity index (χ4n) is 3.93. The molecule has 112 valence electrons. The molecule has 0 aliphatic carbocycles. The van der Waals surface area contributed by atoms with E-state index in [9.17, 15) is 4.79 Å². The lowest BCUT2D eigenvalue weighted by Crippen LogP contribution is -2.42. The van der Waals surface area contributed by atoms with Gasteiger partial charge in [0.1, 0.15) is 0 Å². The van der Waals surface area contributed by atoms with Crippen LogP contribution in [0.25, 0.3) is 0 Å². The minimum Gasteiger partial charge on any atom is -0.374 e. The lowest BCUT2D eigenvalue weighted by atomic mass is 9.87. The fourth-order valence-corrected chi connectivity index (χ4v) is 4.56. The van der Waals surface area contributed by atoms with Gasteiger partial charge in [-0.1, -0.05) is 23.2 Å². The molecule has 1 amide bonds. The number of carbonyl (C=O) groups excluding carboxylic acids is 1. The normalized spacial score (nSPS) is 30.6. The summed E-state index contributed by atoms with van der Waals surface area (Å²) in [6.07, 6.45) is 4.30. The Morgan fingerprint density at radius 1 is 1.29 bits per heavy atom. The molecule has 0 unspecified atom stereocenters. The summed E-state index contributed by atoms with van der Waals surface area (Å²) in [6.45, 7) is 1.35. The SMILES string of the molecule is O=C([C@H]1C[C@@H]2CC[C@@H]1O2)N1CCc2c(Cl)cc(Cl)cc2C1. The Balaban J connectivity index is 1.54. The van der Waals surface area contributed by atoms with Crippen LogP contribution in [0.2, 0.25) is 10.0 Å². The molecule has 3 heterocycles. The van der Waals surface area contributed by atoms with Crippen LogP contribution in [0.1, 0.15) is 30.4 Å². The quantitative estimate of drug-likeness (QED) is 0.791. The second-order valence-electron chi connectivity index (χ2n) is 6.25. The smallest absolute Gasteiger partial charge is 0.228 e. The maximum atomic E-state index is 12.7. The van der Waals surface area contributed by atoms with E-state index in [0.717, 1.165) is 43.4 Å². The van der Waals surface area contributed by atoms with Crippen molar-refractivity contribution in [3.63, 3.8) is 0 Å². The average molecular weight is 326 g/mol. The highest BCUT2D eigenvalue weighted by Gasteiger charge is 2.46. The van der Waals surface area contributed by atoms with Gasteiger partial charge in [0.25, 0.3) is 0 Å². The average Bonchev–Trinajstić information content (AvgIpc) is 3.08. The first-order valence-corrected chi connectivity index (χ1v) is 8.28. The van der Waals surface area contributed by atoms with Gasteiger partial charge in [-0.2, -0.15) is 0 Å². The van der Waals surface area contributed by atoms with E-state index < -0.39 is 0 Å². The second kappa shape index (κ2) is 5.15. The molecule has 1 aromatic rings. The third kappa shape index (κ3) is 2.36. The fraction of sp³-hybridized carbons (Fsp3) is 0.562. The zero-order valence-electron chi connectivity index (χ0n) is 11.6. The van der Waals surface area contributed by atoms with E-state index in [-0.39, 0.29) is 17.9 Å². The standard InChI is InChI=1S/C16H17Cl2NO2/c17-10-5-9-8-19(4-3-12(9)14(18)6-10)16(20)13-7-11-1-2-15(13)21-11/h5-6,11,13,15H,1-4,7-8H2/t11-,13-,15-/m0/s1. The molecule has 3 aliphatic rings. The van der Waals surface area contributed by atoms with Gasteiger partial charge in [0.15, 0.2) is 0 Å². The second-order valence-corrected chi connectivity index (χ2v) is 7.09. The molecule has 0 spiro atoms. The molecular weight excluding hydrogens is 309 g/mol. The minimum absolute atomic E-state index is 0.0555. The summed E-state index contributed by atoms with van der Waals surface area (Å²) in [4.78, 5) is 14.7. The molecule has 3 aliphatic heterocycles. The summed E-state index contributed by atoms with van der Waals surface area (Å²) >= 11 is 12.3. The summed E-state index contributed by atoms with van der Waals surface area (Å²) in [6, 6.07) is 3.71. The van der Waals surface area contributed by atoms with Crippen LogP contribution in [-0.2, 0) is 22.5 Å². The minimum atomic E-state index is 0.0555. The maximum Gasteiger partial charge on any atom is 0.228 e. The molecule has 0 saturated carbocycles.